The normalized spacial score (nSPS) is 11.9. The second-order valence-corrected chi connectivity index (χ2v) is 10.6. The van der Waals surface area contributed by atoms with E-state index in [0.717, 1.165) is 17.1 Å². The molecule has 9 aromatic rings. The van der Waals surface area contributed by atoms with E-state index in [9.17, 15) is 0 Å². The molecule has 41 heavy (non-hydrogen) atoms. The van der Waals surface area contributed by atoms with Crippen LogP contribution in [0.25, 0.3) is 55.0 Å². The summed E-state index contributed by atoms with van der Waals surface area (Å²) in [4.78, 5) is 2.40. The maximum atomic E-state index is 2.48. The maximum Gasteiger partial charge on any atom is 0.131 e. The number of nitrogens with zero attached hydrogens (tertiary/aromatic N) is 3. The van der Waals surface area contributed by atoms with Crippen LogP contribution in [0, 0.1) is 0 Å². The van der Waals surface area contributed by atoms with Crippen molar-refractivity contribution in [2.24, 2.45) is 0 Å². The molecular formula is C38H25N3. The van der Waals surface area contributed by atoms with Crippen LogP contribution in [-0.4, -0.2) is 8.80 Å². The van der Waals surface area contributed by atoms with Gasteiger partial charge in [-0.2, -0.15) is 0 Å². The lowest BCUT2D eigenvalue weighted by Gasteiger charge is -2.26. The van der Waals surface area contributed by atoms with Gasteiger partial charge in [-0.05, 0) is 59.7 Å². The first-order chi connectivity index (χ1) is 20.4. The minimum Gasteiger partial charge on any atom is -0.308 e. The fraction of sp³-hybridized carbons (Fsp3) is 0. The first-order valence-corrected chi connectivity index (χ1v) is 14.1. The average molecular weight is 524 g/mol. The summed E-state index contributed by atoms with van der Waals surface area (Å²) in [5, 5.41) is 3.86. The Balaban J connectivity index is 1.38. The van der Waals surface area contributed by atoms with Gasteiger partial charge in [0.1, 0.15) is 5.65 Å². The van der Waals surface area contributed by atoms with E-state index in [1.165, 1.54) is 55.0 Å². The molecule has 3 heteroatoms. The Morgan fingerprint density at radius 3 is 1.71 bits per heavy atom. The third-order valence-electron chi connectivity index (χ3n) is 8.42. The van der Waals surface area contributed by atoms with Gasteiger partial charge in [-0.25, -0.2) is 0 Å². The van der Waals surface area contributed by atoms with Crippen molar-refractivity contribution in [3.05, 3.63) is 152 Å². The largest absolute Gasteiger partial charge is 0.308 e. The number of anilines is 3. The highest BCUT2D eigenvalue weighted by molar-refractivity contribution is 6.26. The molecule has 3 heterocycles. The second kappa shape index (κ2) is 8.48. The molecule has 192 valence electrons. The molecule has 0 aliphatic heterocycles. The van der Waals surface area contributed by atoms with E-state index in [-0.39, 0.29) is 0 Å². The first-order valence-electron chi connectivity index (χ1n) is 14.1. The number of benzene rings is 6. The zero-order valence-corrected chi connectivity index (χ0v) is 22.3. The van der Waals surface area contributed by atoms with Gasteiger partial charge in [0.15, 0.2) is 0 Å². The molecule has 9 rings (SSSR count). The fourth-order valence-electron chi connectivity index (χ4n) is 6.72. The quantitative estimate of drug-likeness (QED) is 0.223. The van der Waals surface area contributed by atoms with Crippen LogP contribution in [-0.2, 0) is 0 Å². The summed E-state index contributed by atoms with van der Waals surface area (Å²) >= 11 is 0. The fourth-order valence-corrected chi connectivity index (χ4v) is 6.72. The van der Waals surface area contributed by atoms with E-state index in [1.54, 1.807) is 0 Å². The highest BCUT2D eigenvalue weighted by Crippen LogP contribution is 2.46. The van der Waals surface area contributed by atoms with Crippen molar-refractivity contribution in [1.82, 2.24) is 8.80 Å². The van der Waals surface area contributed by atoms with Crippen LogP contribution in [0.3, 0.4) is 0 Å². The third kappa shape index (κ3) is 3.09. The number of hydrogen-bond donors (Lipinski definition) is 0. The first kappa shape index (κ1) is 22.3. The van der Waals surface area contributed by atoms with Gasteiger partial charge >= 0.3 is 0 Å². The lowest BCUT2D eigenvalue weighted by Crippen LogP contribution is -2.10. The predicted molar refractivity (Wildman–Crippen MR) is 172 cm³/mol. The van der Waals surface area contributed by atoms with Crippen molar-refractivity contribution < 1.29 is 0 Å². The maximum absolute atomic E-state index is 2.48. The molecule has 0 N–H and O–H groups in total. The highest BCUT2D eigenvalue weighted by Gasteiger charge is 2.26. The zero-order chi connectivity index (χ0) is 26.9. The minimum atomic E-state index is 1.13. The molecule has 0 aliphatic carbocycles. The van der Waals surface area contributed by atoms with Crippen molar-refractivity contribution in [1.29, 1.82) is 0 Å². The topological polar surface area (TPSA) is 12.1 Å². The molecule has 0 spiro atoms. The standard InChI is InChI=1S/C38H25N3/c1-3-12-26(13-4-1)27-22-24-29(25-23-27)39(28-14-5-2-6-15-28)35-21-11-17-31-36-30-16-7-8-18-32(30)40-33-19-9-10-20-34(33)41(37(31)35)38(36)40/h1-25H. The van der Waals surface area contributed by atoms with E-state index in [2.05, 4.69) is 165 Å². The Hall–Kier alpha value is -5.54. The van der Waals surface area contributed by atoms with Crippen LogP contribution in [0.15, 0.2) is 152 Å². The Bertz CT molecular complexity index is 2340. The van der Waals surface area contributed by atoms with Crippen molar-refractivity contribution in [3.8, 4) is 11.1 Å². The van der Waals surface area contributed by atoms with Crippen LogP contribution in [0.2, 0.25) is 0 Å². The molecule has 0 saturated carbocycles. The molecule has 0 bridgehead atoms. The number of hydrogen-bond acceptors (Lipinski definition) is 1. The summed E-state index contributed by atoms with van der Waals surface area (Å²) in [6.45, 7) is 0. The van der Waals surface area contributed by atoms with E-state index in [0.29, 0.717) is 0 Å². The van der Waals surface area contributed by atoms with Crippen molar-refractivity contribution in [2.75, 3.05) is 4.90 Å². The molecule has 0 aliphatic rings. The van der Waals surface area contributed by atoms with E-state index in [4.69, 9.17) is 0 Å². The summed E-state index contributed by atoms with van der Waals surface area (Å²) in [6.07, 6.45) is 0. The monoisotopic (exact) mass is 523 g/mol. The summed E-state index contributed by atoms with van der Waals surface area (Å²) < 4.78 is 4.91. The van der Waals surface area contributed by atoms with Gasteiger partial charge in [0.05, 0.1) is 27.8 Å². The van der Waals surface area contributed by atoms with E-state index in [1.807, 2.05) is 0 Å². The van der Waals surface area contributed by atoms with Gasteiger partial charge in [-0.15, -0.1) is 0 Å². The molecule has 3 nitrogen and oxygen atoms in total. The molecule has 0 fully saturated rings. The van der Waals surface area contributed by atoms with Gasteiger partial charge in [0.25, 0.3) is 0 Å². The van der Waals surface area contributed by atoms with Gasteiger partial charge in [-0.3, -0.25) is 8.80 Å². The molecule has 0 unspecified atom stereocenters. The molecule has 0 amide bonds. The van der Waals surface area contributed by atoms with E-state index >= 15 is 0 Å². The highest BCUT2D eigenvalue weighted by atomic mass is 15.2. The molecule has 3 aromatic heterocycles. The van der Waals surface area contributed by atoms with Gasteiger partial charge in [0, 0.05) is 27.5 Å². The number of fused-ring (bicyclic) bond motifs is 9. The predicted octanol–water partition coefficient (Wildman–Crippen LogP) is 10.2. The summed E-state index contributed by atoms with van der Waals surface area (Å²) in [5.41, 5.74) is 12.0. The van der Waals surface area contributed by atoms with Gasteiger partial charge in [0.2, 0.25) is 0 Å². The number of aromatic nitrogens is 2. The van der Waals surface area contributed by atoms with Gasteiger partial charge < -0.3 is 4.90 Å². The minimum absolute atomic E-state index is 1.13. The van der Waals surface area contributed by atoms with Crippen molar-refractivity contribution >= 4 is 60.9 Å². The van der Waals surface area contributed by atoms with E-state index < -0.39 is 0 Å². The SMILES string of the molecule is c1ccc(-c2ccc(N(c3ccccc3)c3cccc4c5c6ccccc6n6c7ccccc7n(c34)c56)cc2)cc1. The zero-order valence-electron chi connectivity index (χ0n) is 22.3. The lowest BCUT2D eigenvalue weighted by molar-refractivity contribution is 1.25. The Labute approximate surface area is 237 Å². The molecule has 0 atom stereocenters. The Morgan fingerprint density at radius 1 is 0.390 bits per heavy atom. The number of rotatable bonds is 4. The van der Waals surface area contributed by atoms with Crippen LogP contribution in [0.1, 0.15) is 0 Å². The van der Waals surface area contributed by atoms with Crippen LogP contribution in [0.4, 0.5) is 17.1 Å². The summed E-state index contributed by atoms with van der Waals surface area (Å²) in [7, 11) is 0. The van der Waals surface area contributed by atoms with Crippen LogP contribution >= 0.6 is 0 Å². The molecule has 0 radical (unpaired) electrons. The van der Waals surface area contributed by atoms with Crippen molar-refractivity contribution in [2.45, 2.75) is 0 Å². The second-order valence-electron chi connectivity index (χ2n) is 10.6. The average Bonchev–Trinajstić information content (AvgIpc) is 3.68. The van der Waals surface area contributed by atoms with Gasteiger partial charge in [-0.1, -0.05) is 103 Å². The Morgan fingerprint density at radius 2 is 0.951 bits per heavy atom. The molecular weight excluding hydrogens is 498 g/mol. The number of para-hydroxylation sites is 5. The van der Waals surface area contributed by atoms with Crippen molar-refractivity contribution in [3.63, 3.8) is 0 Å². The van der Waals surface area contributed by atoms with Crippen LogP contribution in [0.5, 0.6) is 0 Å². The molecule has 0 saturated heterocycles. The smallest absolute Gasteiger partial charge is 0.131 e. The summed E-state index contributed by atoms with van der Waals surface area (Å²) in [6, 6.07) is 54.5. The number of imidazole rings is 1. The summed E-state index contributed by atoms with van der Waals surface area (Å²) in [5.74, 6) is 0. The third-order valence-corrected chi connectivity index (χ3v) is 8.42. The molecule has 6 aromatic carbocycles. The lowest BCUT2D eigenvalue weighted by atomic mass is 10.0. The Kier molecular flexibility index (Phi) is 4.61. The van der Waals surface area contributed by atoms with Crippen LogP contribution < -0.4 is 4.90 Å².